The molecule has 0 aromatic heterocycles. The molecule has 0 unspecified atom stereocenters. The molecule has 3 aliphatic heterocycles. The maximum absolute atomic E-state index is 14.6. The molecular weight excluding hydrogens is 557 g/mol. The largest absolute Gasteiger partial charge is 0.457 e. The highest BCUT2D eigenvalue weighted by Crippen LogP contribution is 2.29. The lowest BCUT2D eigenvalue weighted by molar-refractivity contribution is -0.151. The molecule has 11 heteroatoms. The Balaban J connectivity index is 1.59. The molecule has 1 aromatic rings. The van der Waals surface area contributed by atoms with Crippen LogP contribution >= 0.6 is 0 Å². The van der Waals surface area contributed by atoms with E-state index in [0.717, 1.165) is 18.8 Å². The van der Waals surface area contributed by atoms with Crippen molar-refractivity contribution in [3.63, 3.8) is 0 Å². The average Bonchev–Trinajstić information content (AvgIpc) is 2.96. The minimum Gasteiger partial charge on any atom is -0.457 e. The Morgan fingerprint density at radius 2 is 1.81 bits per heavy atom. The first-order chi connectivity index (χ1) is 20.4. The molecule has 4 rings (SSSR count). The number of esters is 1. The van der Waals surface area contributed by atoms with Crippen molar-refractivity contribution >= 4 is 23.8 Å². The van der Waals surface area contributed by atoms with Crippen LogP contribution in [0.2, 0.25) is 0 Å². The highest BCUT2D eigenvalue weighted by molar-refractivity contribution is 5.71. The number of aliphatic hydroxyl groups excluding tert-OH is 1. The summed E-state index contributed by atoms with van der Waals surface area (Å²) in [5.74, 6) is -1.34. The fraction of sp³-hybridized carbons (Fsp3) is 0.625. The van der Waals surface area contributed by atoms with E-state index in [1.54, 1.807) is 30.1 Å². The molecule has 0 aliphatic carbocycles. The summed E-state index contributed by atoms with van der Waals surface area (Å²) in [5, 5.41) is 21.9. The Morgan fingerprint density at radius 1 is 1.12 bits per heavy atom. The fourth-order valence-electron chi connectivity index (χ4n) is 5.65. The van der Waals surface area contributed by atoms with E-state index in [0.29, 0.717) is 50.5 Å². The zero-order chi connectivity index (χ0) is 31.1. The minimum atomic E-state index is -1.49. The van der Waals surface area contributed by atoms with Gasteiger partial charge >= 0.3 is 12.1 Å². The van der Waals surface area contributed by atoms with Crippen LogP contribution in [0, 0.1) is 11.7 Å². The molecule has 10 nitrogen and oxygen atoms in total. The standard InChI is InChI=1S/C32H46FN3O7/c1-22-5-6-28(42-31(39)36-11-9-34(4)10-12-36)32(3,40)8-7-27(37)21-29(38)43-30(22)23(2)17-24-18-25(33)20-26(19-24)35-13-15-41-16-14-35/h5-6,17-20,22,27-28,30,37,40H,7-16,21H2,1-4H3/b6-5-,23-17+/t22-,27+,28-,30-,32+/m0/s1. The molecule has 2 fully saturated rings. The number of rotatable bonds is 4. The monoisotopic (exact) mass is 603 g/mol. The molecule has 43 heavy (non-hydrogen) atoms. The summed E-state index contributed by atoms with van der Waals surface area (Å²) in [5.41, 5.74) is 0.564. The summed E-state index contributed by atoms with van der Waals surface area (Å²) in [6.45, 7) is 10.2. The topological polar surface area (TPSA) is 112 Å². The number of morpholine rings is 1. The molecule has 0 spiro atoms. The van der Waals surface area contributed by atoms with Gasteiger partial charge in [-0.15, -0.1) is 0 Å². The Morgan fingerprint density at radius 3 is 2.51 bits per heavy atom. The quantitative estimate of drug-likeness (QED) is 0.396. The summed E-state index contributed by atoms with van der Waals surface area (Å²) in [4.78, 5) is 31.7. The number of amides is 1. The van der Waals surface area contributed by atoms with E-state index in [9.17, 15) is 24.2 Å². The number of likely N-dealkylation sites (N-methyl/N-ethyl adjacent to an activating group) is 1. The first kappa shape index (κ1) is 32.9. The van der Waals surface area contributed by atoms with Gasteiger partial charge in [-0.2, -0.15) is 0 Å². The van der Waals surface area contributed by atoms with Gasteiger partial charge < -0.3 is 39.1 Å². The van der Waals surface area contributed by atoms with E-state index in [2.05, 4.69) is 9.80 Å². The summed E-state index contributed by atoms with van der Waals surface area (Å²) in [6.07, 6.45) is 1.88. The highest BCUT2D eigenvalue weighted by Gasteiger charge is 2.36. The second-order valence-corrected chi connectivity index (χ2v) is 12.2. The van der Waals surface area contributed by atoms with Crippen LogP contribution in [0.25, 0.3) is 6.08 Å². The minimum absolute atomic E-state index is 0.105. The van der Waals surface area contributed by atoms with Gasteiger partial charge in [0.25, 0.3) is 0 Å². The highest BCUT2D eigenvalue weighted by atomic mass is 19.1. The molecule has 1 aromatic carbocycles. The molecule has 1 amide bonds. The van der Waals surface area contributed by atoms with Crippen LogP contribution in [0.5, 0.6) is 0 Å². The lowest BCUT2D eigenvalue weighted by Gasteiger charge is -2.36. The van der Waals surface area contributed by atoms with Crippen molar-refractivity contribution < 1.29 is 38.4 Å². The first-order valence-electron chi connectivity index (χ1n) is 15.1. The van der Waals surface area contributed by atoms with Gasteiger partial charge in [0.05, 0.1) is 25.7 Å². The number of ether oxygens (including phenoxy) is 3. The zero-order valence-electron chi connectivity index (χ0n) is 25.7. The molecule has 3 heterocycles. The lowest BCUT2D eigenvalue weighted by Crippen LogP contribution is -2.50. The van der Waals surface area contributed by atoms with Crippen molar-refractivity contribution in [1.29, 1.82) is 0 Å². The van der Waals surface area contributed by atoms with Crippen LogP contribution in [-0.2, 0) is 19.0 Å². The molecule has 2 saturated heterocycles. The van der Waals surface area contributed by atoms with Crippen molar-refractivity contribution in [3.05, 3.63) is 47.3 Å². The van der Waals surface area contributed by atoms with E-state index >= 15 is 0 Å². The molecule has 0 bridgehead atoms. The Hall–Kier alpha value is -2.99. The smallest absolute Gasteiger partial charge is 0.410 e. The number of carbonyl (C=O) groups excluding carboxylic acids is 2. The van der Waals surface area contributed by atoms with Crippen LogP contribution < -0.4 is 4.90 Å². The van der Waals surface area contributed by atoms with Gasteiger partial charge in [0, 0.05) is 50.9 Å². The van der Waals surface area contributed by atoms with Crippen molar-refractivity contribution in [3.8, 4) is 0 Å². The summed E-state index contributed by atoms with van der Waals surface area (Å²) in [7, 11) is 1.99. The Bertz CT molecular complexity index is 1180. The normalized spacial score (nSPS) is 31.0. The van der Waals surface area contributed by atoms with E-state index in [4.69, 9.17) is 14.2 Å². The molecular formula is C32H46FN3O7. The third-order valence-electron chi connectivity index (χ3n) is 8.44. The number of nitrogens with zero attached hydrogens (tertiary/aromatic N) is 3. The van der Waals surface area contributed by atoms with Crippen molar-refractivity contribution in [2.75, 3.05) is 64.4 Å². The predicted molar refractivity (Wildman–Crippen MR) is 161 cm³/mol. The molecule has 3 aliphatic rings. The van der Waals surface area contributed by atoms with Gasteiger partial charge in [-0.1, -0.05) is 19.1 Å². The SMILES string of the molecule is C/C(=C\c1cc(F)cc(N2CCOCC2)c1)[C@H]1OC(=O)C[C@H](O)CC[C@@](C)(O)[C@@H](OC(=O)N2CCN(C)CC2)/C=C\[C@@H]1C. The molecule has 0 saturated carbocycles. The van der Waals surface area contributed by atoms with Crippen molar-refractivity contribution in [1.82, 2.24) is 9.80 Å². The number of hydrogen-bond donors (Lipinski definition) is 2. The van der Waals surface area contributed by atoms with Gasteiger partial charge in [0.15, 0.2) is 6.10 Å². The van der Waals surface area contributed by atoms with E-state index in [1.165, 1.54) is 12.1 Å². The third-order valence-corrected chi connectivity index (χ3v) is 8.44. The number of benzene rings is 1. The predicted octanol–water partition coefficient (Wildman–Crippen LogP) is 3.22. The maximum Gasteiger partial charge on any atom is 0.410 e. The summed E-state index contributed by atoms with van der Waals surface area (Å²) >= 11 is 0. The van der Waals surface area contributed by atoms with E-state index in [-0.39, 0.29) is 25.1 Å². The third kappa shape index (κ3) is 9.25. The van der Waals surface area contributed by atoms with Crippen LogP contribution in [0.15, 0.2) is 35.9 Å². The molecule has 5 atom stereocenters. The summed E-state index contributed by atoms with van der Waals surface area (Å²) < 4.78 is 31.8. The molecule has 0 radical (unpaired) electrons. The number of halogens is 1. The van der Waals surface area contributed by atoms with E-state index < -0.39 is 41.9 Å². The average molecular weight is 604 g/mol. The maximum atomic E-state index is 14.6. The molecule has 2 N–H and O–H groups in total. The number of cyclic esters (lactones) is 1. The van der Waals surface area contributed by atoms with Crippen LogP contribution in [0.1, 0.15) is 45.6 Å². The number of anilines is 1. The van der Waals surface area contributed by atoms with Gasteiger partial charge in [-0.25, -0.2) is 9.18 Å². The number of carbonyl (C=O) groups is 2. The van der Waals surface area contributed by atoms with Gasteiger partial charge in [-0.05, 0) is 69.1 Å². The second kappa shape index (κ2) is 14.7. The number of hydrogen-bond acceptors (Lipinski definition) is 9. The Labute approximate surface area is 253 Å². The fourth-order valence-corrected chi connectivity index (χ4v) is 5.65. The Kier molecular flexibility index (Phi) is 11.2. The molecule has 238 valence electrons. The van der Waals surface area contributed by atoms with Crippen LogP contribution in [0.3, 0.4) is 0 Å². The second-order valence-electron chi connectivity index (χ2n) is 12.2. The van der Waals surface area contributed by atoms with Crippen molar-refractivity contribution in [2.45, 2.75) is 63.9 Å². The van der Waals surface area contributed by atoms with Gasteiger partial charge in [0.1, 0.15) is 17.5 Å². The van der Waals surface area contributed by atoms with Crippen LogP contribution in [0.4, 0.5) is 14.9 Å². The number of aliphatic hydroxyl groups is 2. The zero-order valence-corrected chi connectivity index (χ0v) is 25.7. The summed E-state index contributed by atoms with van der Waals surface area (Å²) in [6, 6.07) is 4.82. The van der Waals surface area contributed by atoms with Gasteiger partial charge in [-0.3, -0.25) is 4.79 Å². The number of piperazine rings is 1. The van der Waals surface area contributed by atoms with Gasteiger partial charge in [0.2, 0.25) is 0 Å². The van der Waals surface area contributed by atoms with Crippen LogP contribution in [-0.4, -0.2) is 116 Å². The van der Waals surface area contributed by atoms with Crippen molar-refractivity contribution in [2.24, 2.45) is 5.92 Å². The van der Waals surface area contributed by atoms with E-state index in [1.807, 2.05) is 27.0 Å². The lowest BCUT2D eigenvalue weighted by atomic mass is 9.88. The first-order valence-corrected chi connectivity index (χ1v) is 15.1.